The Morgan fingerprint density at radius 2 is 1.70 bits per heavy atom. The Hall–Kier alpha value is -2.94. The summed E-state index contributed by atoms with van der Waals surface area (Å²) in [6.07, 6.45) is -0.406. The highest BCUT2D eigenvalue weighted by molar-refractivity contribution is 7.92. The number of anilines is 1. The lowest BCUT2D eigenvalue weighted by atomic mass is 10.2. The van der Waals surface area contributed by atoms with Crippen LogP contribution in [0.3, 0.4) is 0 Å². The predicted molar refractivity (Wildman–Crippen MR) is 127 cm³/mol. The summed E-state index contributed by atoms with van der Waals surface area (Å²) < 4.78 is 39.2. The minimum absolute atomic E-state index is 0.000274. The summed E-state index contributed by atoms with van der Waals surface area (Å²) >= 11 is 12.0. The van der Waals surface area contributed by atoms with Crippen molar-refractivity contribution in [2.45, 2.75) is 11.0 Å². The molecule has 7 nitrogen and oxygen atoms in total. The Labute approximate surface area is 201 Å². The number of fused-ring (bicyclic) bond motifs is 1. The zero-order chi connectivity index (χ0) is 23.4. The lowest BCUT2D eigenvalue weighted by Gasteiger charge is -2.27. The number of hydrogen-bond acceptors (Lipinski definition) is 5. The Morgan fingerprint density at radius 3 is 2.42 bits per heavy atom. The third kappa shape index (κ3) is 5.52. The van der Waals surface area contributed by atoms with Crippen LogP contribution in [-0.2, 0) is 14.8 Å². The van der Waals surface area contributed by atoms with Crippen LogP contribution >= 0.6 is 23.2 Å². The van der Waals surface area contributed by atoms with Crippen molar-refractivity contribution in [2.75, 3.05) is 24.0 Å². The number of amides is 1. The third-order valence-corrected chi connectivity index (χ3v) is 7.15. The van der Waals surface area contributed by atoms with Crippen molar-refractivity contribution in [2.24, 2.45) is 0 Å². The molecule has 0 saturated heterocycles. The van der Waals surface area contributed by atoms with Crippen LogP contribution in [0.25, 0.3) is 0 Å². The fourth-order valence-electron chi connectivity index (χ4n) is 3.26. The van der Waals surface area contributed by atoms with Crippen molar-refractivity contribution in [3.8, 4) is 11.5 Å². The largest absolute Gasteiger partial charge is 0.486 e. The number of benzene rings is 3. The van der Waals surface area contributed by atoms with Gasteiger partial charge < -0.3 is 14.8 Å². The molecule has 3 aromatic rings. The highest BCUT2D eigenvalue weighted by atomic mass is 35.5. The standard InChI is InChI=1S/C23H20Cl2N2O5S/c24-16-8-10-20(11-9-16)33(29,30)27(18-5-3-4-17(25)12-18)14-23(28)26-13-19-15-31-21-6-1-2-7-22(21)32-19/h1-12,19H,13-15H2,(H,26,28)/t19-/m0/s1. The van der Waals surface area contributed by atoms with Gasteiger partial charge in [-0.1, -0.05) is 41.4 Å². The first-order chi connectivity index (χ1) is 15.8. The zero-order valence-corrected chi connectivity index (χ0v) is 19.6. The van der Waals surface area contributed by atoms with E-state index in [-0.39, 0.29) is 23.7 Å². The van der Waals surface area contributed by atoms with Gasteiger partial charge in [0.05, 0.1) is 17.1 Å². The number of carbonyl (C=O) groups is 1. The van der Waals surface area contributed by atoms with E-state index in [1.807, 2.05) is 12.1 Å². The molecular weight excluding hydrogens is 487 g/mol. The maximum atomic E-state index is 13.3. The van der Waals surface area contributed by atoms with Crippen molar-refractivity contribution >= 4 is 44.8 Å². The van der Waals surface area contributed by atoms with E-state index >= 15 is 0 Å². The summed E-state index contributed by atoms with van der Waals surface area (Å²) in [5, 5.41) is 3.47. The van der Waals surface area contributed by atoms with Gasteiger partial charge in [0.1, 0.15) is 19.3 Å². The number of nitrogens with zero attached hydrogens (tertiary/aromatic N) is 1. The van der Waals surface area contributed by atoms with E-state index in [1.54, 1.807) is 30.3 Å². The van der Waals surface area contributed by atoms with Gasteiger partial charge in [-0.05, 0) is 54.6 Å². The molecule has 0 spiro atoms. The number of sulfonamides is 1. The molecule has 0 bridgehead atoms. The molecule has 1 aliphatic rings. The smallest absolute Gasteiger partial charge is 0.264 e. The van der Waals surface area contributed by atoms with Gasteiger partial charge in [0.15, 0.2) is 11.5 Å². The zero-order valence-electron chi connectivity index (χ0n) is 17.3. The number of ether oxygens (including phenoxy) is 2. The van der Waals surface area contributed by atoms with E-state index in [2.05, 4.69) is 5.32 Å². The molecule has 0 radical (unpaired) electrons. The molecule has 0 saturated carbocycles. The van der Waals surface area contributed by atoms with E-state index in [0.29, 0.717) is 21.5 Å². The Kier molecular flexibility index (Phi) is 6.97. The fraction of sp³-hybridized carbons (Fsp3) is 0.174. The molecule has 4 rings (SSSR count). The molecular formula is C23H20Cl2N2O5S. The molecule has 1 heterocycles. The third-order valence-electron chi connectivity index (χ3n) is 4.88. The average Bonchev–Trinajstić information content (AvgIpc) is 2.81. The van der Waals surface area contributed by atoms with Crippen LogP contribution in [0.2, 0.25) is 10.0 Å². The quantitative estimate of drug-likeness (QED) is 0.520. The average molecular weight is 507 g/mol. The summed E-state index contributed by atoms with van der Waals surface area (Å²) in [6.45, 7) is -0.0363. The Morgan fingerprint density at radius 1 is 0.970 bits per heavy atom. The summed E-state index contributed by atoms with van der Waals surface area (Å²) in [5.74, 6) is 0.727. The molecule has 10 heteroatoms. The van der Waals surface area contributed by atoms with Gasteiger partial charge >= 0.3 is 0 Å². The van der Waals surface area contributed by atoms with Crippen LogP contribution in [0, 0.1) is 0 Å². The molecule has 3 aromatic carbocycles. The maximum absolute atomic E-state index is 13.3. The lowest BCUT2D eigenvalue weighted by molar-refractivity contribution is -0.120. The van der Waals surface area contributed by atoms with Crippen LogP contribution < -0.4 is 19.1 Å². The molecule has 1 amide bonds. The molecule has 1 N–H and O–H groups in total. The van der Waals surface area contributed by atoms with Gasteiger partial charge in [-0.15, -0.1) is 0 Å². The Bertz CT molecular complexity index is 1250. The normalized spacial score (nSPS) is 15.0. The van der Waals surface area contributed by atoms with Gasteiger partial charge in [-0.2, -0.15) is 0 Å². The molecule has 0 fully saturated rings. The number of rotatable bonds is 7. The maximum Gasteiger partial charge on any atom is 0.264 e. The monoisotopic (exact) mass is 506 g/mol. The second-order valence-corrected chi connectivity index (χ2v) is 9.98. The van der Waals surface area contributed by atoms with Crippen molar-refractivity contribution < 1.29 is 22.7 Å². The summed E-state index contributed by atoms with van der Waals surface area (Å²) in [7, 11) is -4.07. The van der Waals surface area contributed by atoms with Crippen molar-refractivity contribution in [1.29, 1.82) is 0 Å². The minimum Gasteiger partial charge on any atom is -0.486 e. The van der Waals surface area contributed by atoms with Crippen LogP contribution in [0.15, 0.2) is 77.7 Å². The summed E-state index contributed by atoms with van der Waals surface area (Å²) in [5.41, 5.74) is 0.263. The van der Waals surface area contributed by atoms with E-state index < -0.39 is 28.6 Å². The van der Waals surface area contributed by atoms with Crippen LogP contribution in [0.1, 0.15) is 0 Å². The minimum atomic E-state index is -4.07. The highest BCUT2D eigenvalue weighted by Crippen LogP contribution is 2.31. The molecule has 1 atom stereocenters. The number of nitrogens with one attached hydrogen (secondary N) is 1. The second kappa shape index (κ2) is 9.91. The Balaban J connectivity index is 1.49. The molecule has 33 heavy (non-hydrogen) atoms. The van der Waals surface area contributed by atoms with E-state index in [4.69, 9.17) is 32.7 Å². The fourth-order valence-corrected chi connectivity index (χ4v) is 4.98. The topological polar surface area (TPSA) is 84.9 Å². The van der Waals surface area contributed by atoms with E-state index in [0.717, 1.165) is 4.31 Å². The highest BCUT2D eigenvalue weighted by Gasteiger charge is 2.28. The lowest BCUT2D eigenvalue weighted by Crippen LogP contribution is -2.45. The molecule has 0 unspecified atom stereocenters. The molecule has 1 aliphatic heterocycles. The van der Waals surface area contributed by atoms with Gasteiger partial charge in [-0.3, -0.25) is 9.10 Å². The summed E-state index contributed by atoms with van der Waals surface area (Å²) in [4.78, 5) is 12.8. The van der Waals surface area contributed by atoms with E-state index in [9.17, 15) is 13.2 Å². The van der Waals surface area contributed by atoms with Gasteiger partial charge in [0, 0.05) is 10.0 Å². The van der Waals surface area contributed by atoms with Gasteiger partial charge in [0.25, 0.3) is 10.0 Å². The van der Waals surface area contributed by atoms with Crippen molar-refractivity contribution in [3.05, 3.63) is 82.8 Å². The second-order valence-electron chi connectivity index (χ2n) is 7.25. The first-order valence-corrected chi connectivity index (χ1v) is 12.2. The molecule has 0 aliphatic carbocycles. The van der Waals surface area contributed by atoms with Gasteiger partial charge in [-0.25, -0.2) is 8.42 Å². The number of hydrogen-bond donors (Lipinski definition) is 1. The SMILES string of the molecule is O=C(CN(c1cccc(Cl)c1)S(=O)(=O)c1ccc(Cl)cc1)NC[C@H]1COc2ccccc2O1. The predicted octanol–water partition coefficient (Wildman–Crippen LogP) is 4.14. The molecule has 0 aromatic heterocycles. The number of carbonyl (C=O) groups excluding carboxylic acids is 1. The van der Waals surface area contributed by atoms with Crippen LogP contribution in [0.5, 0.6) is 11.5 Å². The van der Waals surface area contributed by atoms with Crippen molar-refractivity contribution in [1.82, 2.24) is 5.32 Å². The van der Waals surface area contributed by atoms with E-state index in [1.165, 1.54) is 30.3 Å². The first-order valence-electron chi connectivity index (χ1n) is 10.0. The number of para-hydroxylation sites is 2. The summed E-state index contributed by atoms with van der Waals surface area (Å²) in [6, 6.07) is 19.3. The van der Waals surface area contributed by atoms with Crippen LogP contribution in [0.4, 0.5) is 5.69 Å². The number of halogens is 2. The van der Waals surface area contributed by atoms with Crippen LogP contribution in [-0.4, -0.2) is 40.1 Å². The van der Waals surface area contributed by atoms with Gasteiger partial charge in [0.2, 0.25) is 5.91 Å². The molecule has 172 valence electrons. The first kappa shape index (κ1) is 23.2. The van der Waals surface area contributed by atoms with Crippen molar-refractivity contribution in [3.63, 3.8) is 0 Å².